The Morgan fingerprint density at radius 2 is 2.33 bits per heavy atom. The molecule has 0 spiro atoms. The van der Waals surface area contributed by atoms with Gasteiger partial charge in [0.2, 0.25) is 5.91 Å². The van der Waals surface area contributed by atoms with Gasteiger partial charge in [-0.15, -0.1) is 12.4 Å². The van der Waals surface area contributed by atoms with Gasteiger partial charge in [0.1, 0.15) is 6.61 Å². The van der Waals surface area contributed by atoms with Crippen molar-refractivity contribution in [2.75, 3.05) is 32.8 Å². The topological polar surface area (TPSA) is 41.6 Å². The molecule has 0 aliphatic carbocycles. The average Bonchev–Trinajstić information content (AvgIpc) is 2.18. The summed E-state index contributed by atoms with van der Waals surface area (Å²) in [6, 6.07) is 0.293. The fourth-order valence-corrected chi connectivity index (χ4v) is 1.60. The van der Waals surface area contributed by atoms with E-state index in [-0.39, 0.29) is 24.9 Å². The number of hydrogen-bond donors (Lipinski definition) is 1. The monoisotopic (exact) mass is 236 g/mol. The summed E-state index contributed by atoms with van der Waals surface area (Å²) in [6.45, 7) is 7.59. The van der Waals surface area contributed by atoms with Crippen molar-refractivity contribution in [2.45, 2.75) is 26.3 Å². The minimum atomic E-state index is 0. The largest absolute Gasteiger partial charge is 0.372 e. The Hall–Kier alpha value is -0.320. The molecule has 1 fully saturated rings. The molecule has 4 nitrogen and oxygen atoms in total. The number of rotatable bonds is 4. The van der Waals surface area contributed by atoms with Crippen LogP contribution in [0.2, 0.25) is 0 Å². The van der Waals surface area contributed by atoms with Crippen LogP contribution in [-0.2, 0) is 9.53 Å². The number of nitrogens with zero attached hydrogens (tertiary/aromatic N) is 1. The summed E-state index contributed by atoms with van der Waals surface area (Å²) in [7, 11) is 0. The van der Waals surface area contributed by atoms with Crippen LogP contribution in [0.3, 0.4) is 0 Å². The summed E-state index contributed by atoms with van der Waals surface area (Å²) in [4.78, 5) is 13.6. The zero-order valence-electron chi connectivity index (χ0n) is 9.49. The van der Waals surface area contributed by atoms with E-state index in [9.17, 15) is 4.79 Å². The van der Waals surface area contributed by atoms with Gasteiger partial charge in [-0.3, -0.25) is 4.79 Å². The summed E-state index contributed by atoms with van der Waals surface area (Å²) in [5, 5.41) is 3.25. The van der Waals surface area contributed by atoms with Crippen LogP contribution in [0.15, 0.2) is 0 Å². The summed E-state index contributed by atoms with van der Waals surface area (Å²) in [5.74, 6) is 0.118. The minimum Gasteiger partial charge on any atom is -0.372 e. The Kier molecular flexibility index (Phi) is 7.74. The molecule has 0 unspecified atom stereocenters. The molecule has 1 N–H and O–H groups in total. The maximum atomic E-state index is 11.7. The molecule has 90 valence electrons. The van der Waals surface area contributed by atoms with Crippen LogP contribution in [0.25, 0.3) is 0 Å². The van der Waals surface area contributed by atoms with Gasteiger partial charge in [0.25, 0.3) is 0 Å². The van der Waals surface area contributed by atoms with Gasteiger partial charge in [-0.05, 0) is 13.3 Å². The fourth-order valence-electron chi connectivity index (χ4n) is 1.60. The molecule has 0 bridgehead atoms. The van der Waals surface area contributed by atoms with E-state index in [1.165, 1.54) is 0 Å². The molecule has 0 aromatic rings. The second-order valence-electron chi connectivity index (χ2n) is 3.69. The Bertz CT molecular complexity index is 190. The van der Waals surface area contributed by atoms with Crippen molar-refractivity contribution >= 4 is 18.3 Å². The Morgan fingerprint density at radius 3 is 2.93 bits per heavy atom. The molecule has 1 aliphatic rings. The second-order valence-corrected chi connectivity index (χ2v) is 3.69. The van der Waals surface area contributed by atoms with Gasteiger partial charge in [-0.1, -0.05) is 6.92 Å². The molecule has 5 heteroatoms. The van der Waals surface area contributed by atoms with Crippen molar-refractivity contribution in [3.05, 3.63) is 0 Å². The molecule has 15 heavy (non-hydrogen) atoms. The fraction of sp³-hybridized carbons (Fsp3) is 0.900. The van der Waals surface area contributed by atoms with Gasteiger partial charge in [-0.25, -0.2) is 0 Å². The smallest absolute Gasteiger partial charge is 0.248 e. The van der Waals surface area contributed by atoms with Crippen LogP contribution in [0.1, 0.15) is 20.3 Å². The standard InChI is InChI=1S/C10H20N2O2.ClH/c1-3-6-14-8-10(13)12-5-4-11-7-9(12)2;/h9,11H,3-8H2,1-2H3;1H/t9-;/m1./s1. The molecular weight excluding hydrogens is 216 g/mol. The van der Waals surface area contributed by atoms with Crippen LogP contribution < -0.4 is 5.32 Å². The van der Waals surface area contributed by atoms with Gasteiger partial charge in [0, 0.05) is 32.3 Å². The van der Waals surface area contributed by atoms with E-state index in [2.05, 4.69) is 12.2 Å². The third-order valence-corrected chi connectivity index (χ3v) is 2.40. The number of carbonyl (C=O) groups excluding carboxylic acids is 1. The molecule has 1 amide bonds. The molecule has 1 aliphatic heterocycles. The van der Waals surface area contributed by atoms with E-state index in [1.54, 1.807) is 0 Å². The van der Waals surface area contributed by atoms with Crippen LogP contribution >= 0.6 is 12.4 Å². The zero-order valence-corrected chi connectivity index (χ0v) is 10.3. The molecule has 0 aromatic carbocycles. The highest BCUT2D eigenvalue weighted by molar-refractivity contribution is 5.85. The van der Waals surface area contributed by atoms with Crippen molar-refractivity contribution in [3.8, 4) is 0 Å². The summed E-state index contributed by atoms with van der Waals surface area (Å²) in [6.07, 6.45) is 0.963. The number of carbonyl (C=O) groups is 1. The molecule has 1 heterocycles. The van der Waals surface area contributed by atoms with Crippen LogP contribution in [0, 0.1) is 0 Å². The third-order valence-electron chi connectivity index (χ3n) is 2.40. The Balaban J connectivity index is 0.00000196. The van der Waals surface area contributed by atoms with Crippen molar-refractivity contribution in [1.29, 1.82) is 0 Å². The summed E-state index contributed by atoms with van der Waals surface area (Å²) < 4.78 is 5.23. The van der Waals surface area contributed by atoms with Gasteiger partial charge in [-0.2, -0.15) is 0 Å². The highest BCUT2D eigenvalue weighted by Crippen LogP contribution is 2.02. The minimum absolute atomic E-state index is 0. The number of nitrogens with one attached hydrogen (secondary N) is 1. The second kappa shape index (κ2) is 7.91. The first-order valence-electron chi connectivity index (χ1n) is 5.33. The highest BCUT2D eigenvalue weighted by atomic mass is 35.5. The molecule has 0 aromatic heterocycles. The predicted octanol–water partition coefficient (Wildman–Crippen LogP) is 0.655. The van der Waals surface area contributed by atoms with Gasteiger partial charge in [0.05, 0.1) is 0 Å². The first-order chi connectivity index (χ1) is 6.75. The molecule has 1 atom stereocenters. The SMILES string of the molecule is CCCOCC(=O)N1CCNC[C@H]1C.Cl. The summed E-state index contributed by atoms with van der Waals surface area (Å²) >= 11 is 0. The van der Waals surface area contributed by atoms with E-state index >= 15 is 0 Å². The lowest BCUT2D eigenvalue weighted by Crippen LogP contribution is -2.53. The van der Waals surface area contributed by atoms with Crippen molar-refractivity contribution in [2.24, 2.45) is 0 Å². The van der Waals surface area contributed by atoms with E-state index in [0.717, 1.165) is 26.1 Å². The lowest BCUT2D eigenvalue weighted by atomic mass is 10.2. The van der Waals surface area contributed by atoms with E-state index in [4.69, 9.17) is 4.74 Å². The molecule has 0 saturated carbocycles. The molecular formula is C10H21ClN2O2. The first kappa shape index (κ1) is 14.7. The maximum absolute atomic E-state index is 11.7. The van der Waals surface area contributed by atoms with Gasteiger partial charge < -0.3 is 15.0 Å². The number of halogens is 1. The quantitative estimate of drug-likeness (QED) is 0.729. The lowest BCUT2D eigenvalue weighted by Gasteiger charge is -2.33. The van der Waals surface area contributed by atoms with Crippen LogP contribution in [-0.4, -0.2) is 49.7 Å². The zero-order chi connectivity index (χ0) is 10.4. The van der Waals surface area contributed by atoms with E-state index < -0.39 is 0 Å². The molecule has 1 saturated heterocycles. The van der Waals surface area contributed by atoms with Crippen LogP contribution in [0.5, 0.6) is 0 Å². The van der Waals surface area contributed by atoms with Crippen LogP contribution in [0.4, 0.5) is 0 Å². The third kappa shape index (κ3) is 4.82. The lowest BCUT2D eigenvalue weighted by molar-refractivity contribution is -0.138. The normalized spacial score (nSPS) is 20.9. The number of hydrogen-bond acceptors (Lipinski definition) is 3. The highest BCUT2D eigenvalue weighted by Gasteiger charge is 2.22. The Labute approximate surface area is 97.8 Å². The van der Waals surface area contributed by atoms with E-state index in [1.807, 2.05) is 11.8 Å². The number of amides is 1. The molecule has 0 radical (unpaired) electrons. The predicted molar refractivity (Wildman–Crippen MR) is 62.4 cm³/mol. The van der Waals surface area contributed by atoms with Crippen molar-refractivity contribution in [3.63, 3.8) is 0 Å². The Morgan fingerprint density at radius 1 is 1.60 bits per heavy atom. The molecule has 1 rings (SSSR count). The van der Waals surface area contributed by atoms with E-state index in [0.29, 0.717) is 12.6 Å². The van der Waals surface area contributed by atoms with Crippen molar-refractivity contribution in [1.82, 2.24) is 10.2 Å². The maximum Gasteiger partial charge on any atom is 0.248 e. The van der Waals surface area contributed by atoms with Gasteiger partial charge >= 0.3 is 0 Å². The van der Waals surface area contributed by atoms with Crippen molar-refractivity contribution < 1.29 is 9.53 Å². The number of piperazine rings is 1. The number of ether oxygens (including phenoxy) is 1. The average molecular weight is 237 g/mol. The summed E-state index contributed by atoms with van der Waals surface area (Å²) in [5.41, 5.74) is 0. The first-order valence-corrected chi connectivity index (χ1v) is 5.33. The van der Waals surface area contributed by atoms with Gasteiger partial charge in [0.15, 0.2) is 0 Å².